The van der Waals surface area contributed by atoms with Gasteiger partial charge in [-0.05, 0) is 42.5 Å². The molecule has 0 aliphatic heterocycles. The number of rotatable bonds is 9. The van der Waals surface area contributed by atoms with Crippen molar-refractivity contribution in [2.75, 3.05) is 20.0 Å². The van der Waals surface area contributed by atoms with E-state index in [4.69, 9.17) is 0 Å². The lowest BCUT2D eigenvalue weighted by Gasteiger charge is -2.13. The van der Waals surface area contributed by atoms with Gasteiger partial charge >= 0.3 is 6.16 Å². The summed E-state index contributed by atoms with van der Waals surface area (Å²) >= 11 is 0. The zero-order valence-electron chi connectivity index (χ0n) is 17.2. The van der Waals surface area contributed by atoms with Crippen molar-refractivity contribution in [2.24, 2.45) is 0 Å². The summed E-state index contributed by atoms with van der Waals surface area (Å²) in [7, 11) is -3.50. The van der Waals surface area contributed by atoms with Crippen molar-refractivity contribution < 1.29 is 30.8 Å². The zero-order valence-corrected chi connectivity index (χ0v) is 18.1. The van der Waals surface area contributed by atoms with Gasteiger partial charge in [0.2, 0.25) is 17.0 Å². The summed E-state index contributed by atoms with van der Waals surface area (Å²) in [6.07, 6.45) is -2.46. The molecule has 0 heterocycles. The Morgan fingerprint density at radius 1 is 0.968 bits per heavy atom. The van der Waals surface area contributed by atoms with Gasteiger partial charge in [-0.25, -0.2) is 31.1 Å². The van der Waals surface area contributed by atoms with Gasteiger partial charge < -0.3 is 5.32 Å². The molecule has 1 amide bonds. The summed E-state index contributed by atoms with van der Waals surface area (Å²) in [5.41, 5.74) is 3.17. The molecule has 1 atom stereocenters. The Bertz CT molecular complexity index is 905. The molecule has 10 heteroatoms. The maximum atomic E-state index is 14.3. The third-order valence-corrected chi connectivity index (χ3v) is 6.13. The predicted molar refractivity (Wildman–Crippen MR) is 113 cm³/mol. The third-order valence-electron chi connectivity index (χ3n) is 4.32. The van der Waals surface area contributed by atoms with E-state index < -0.39 is 34.5 Å². The van der Waals surface area contributed by atoms with Crippen molar-refractivity contribution in [1.82, 2.24) is 10.0 Å². The number of hydrogen-bond donors (Lipinski definition) is 2. The fraction of sp³-hybridized carbons (Fsp3) is 0.381. The Morgan fingerprint density at radius 2 is 1.45 bits per heavy atom. The van der Waals surface area contributed by atoms with Gasteiger partial charge in [0, 0.05) is 13.1 Å². The van der Waals surface area contributed by atoms with Gasteiger partial charge in [-0.3, -0.25) is 0 Å². The molecule has 0 saturated carbocycles. The van der Waals surface area contributed by atoms with E-state index in [0.29, 0.717) is 12.0 Å². The molecular formula is C21H26F4N2O3S. The first-order valence-electron chi connectivity index (χ1n) is 9.47. The number of nitrogens with one attached hydrogen (secondary N) is 2. The minimum atomic E-state index is -3.50. The normalized spacial score (nSPS) is 12.1. The summed E-state index contributed by atoms with van der Waals surface area (Å²) in [6, 6.07) is 14.4. The number of sulfonamides is 1. The highest BCUT2D eigenvalue weighted by Gasteiger charge is 2.18. The highest BCUT2D eigenvalue weighted by Crippen LogP contribution is 2.24. The highest BCUT2D eigenvalue weighted by atomic mass is 32.2. The van der Waals surface area contributed by atoms with Crippen LogP contribution < -0.4 is 10.0 Å². The maximum Gasteiger partial charge on any atom is 0.397 e. The highest BCUT2D eigenvalue weighted by molar-refractivity contribution is 7.90. The van der Waals surface area contributed by atoms with Gasteiger partial charge in [0.25, 0.3) is 0 Å². The summed E-state index contributed by atoms with van der Waals surface area (Å²) in [5, 5.41) is 1.49. The Labute approximate surface area is 179 Å². The molecule has 2 rings (SSSR count). The van der Waals surface area contributed by atoms with Crippen molar-refractivity contribution in [1.29, 1.82) is 0 Å². The number of hydrogen-bond acceptors (Lipinski definition) is 3. The van der Waals surface area contributed by atoms with Crippen LogP contribution in [0.15, 0.2) is 48.5 Å². The molecule has 172 valence electrons. The number of benzene rings is 2. The van der Waals surface area contributed by atoms with Crippen LogP contribution in [0.1, 0.15) is 31.1 Å². The fourth-order valence-electron chi connectivity index (χ4n) is 2.53. The second-order valence-corrected chi connectivity index (χ2v) is 9.10. The molecule has 0 aliphatic rings. The van der Waals surface area contributed by atoms with Crippen molar-refractivity contribution >= 4 is 16.2 Å². The van der Waals surface area contributed by atoms with Crippen LogP contribution in [0.2, 0.25) is 0 Å². The van der Waals surface area contributed by atoms with Crippen LogP contribution in [0.4, 0.5) is 22.4 Å². The van der Waals surface area contributed by atoms with E-state index in [0.717, 1.165) is 16.7 Å². The number of carbonyl (C=O) groups is 1. The molecular weight excluding hydrogens is 436 g/mol. The van der Waals surface area contributed by atoms with E-state index in [1.165, 1.54) is 13.8 Å². The Kier molecular flexibility index (Phi) is 11.2. The van der Waals surface area contributed by atoms with Crippen LogP contribution >= 0.6 is 0 Å². The maximum absolute atomic E-state index is 14.3. The van der Waals surface area contributed by atoms with Crippen LogP contribution in [-0.2, 0) is 16.4 Å². The molecule has 0 bridgehead atoms. The molecule has 2 N–H and O–H groups in total. The third kappa shape index (κ3) is 9.48. The van der Waals surface area contributed by atoms with Crippen LogP contribution in [0.3, 0.4) is 0 Å². The van der Waals surface area contributed by atoms with Crippen molar-refractivity contribution in [3.05, 3.63) is 59.7 Å². The number of carbonyl (C=O) groups excluding carboxylic acids is 1. The van der Waals surface area contributed by atoms with Crippen molar-refractivity contribution in [2.45, 2.75) is 31.7 Å². The van der Waals surface area contributed by atoms with E-state index in [2.05, 4.69) is 10.0 Å². The topological polar surface area (TPSA) is 75.3 Å². The summed E-state index contributed by atoms with van der Waals surface area (Å²) in [5.74, 6) is 0. The van der Waals surface area contributed by atoms with E-state index in [1.54, 1.807) is 24.3 Å². The van der Waals surface area contributed by atoms with E-state index >= 15 is 0 Å². The molecule has 2 aromatic rings. The van der Waals surface area contributed by atoms with E-state index in [9.17, 15) is 30.8 Å². The number of halogens is 4. The average molecular weight is 463 g/mol. The zero-order chi connectivity index (χ0) is 23.4. The molecule has 2 aromatic carbocycles. The van der Waals surface area contributed by atoms with Gasteiger partial charge in [0.15, 0.2) is 0 Å². The Morgan fingerprint density at radius 3 is 1.90 bits per heavy atom. The van der Waals surface area contributed by atoms with E-state index in [-0.39, 0.29) is 13.1 Å². The molecule has 31 heavy (non-hydrogen) atoms. The average Bonchev–Trinajstić information content (AvgIpc) is 2.73. The van der Waals surface area contributed by atoms with Gasteiger partial charge in [-0.2, -0.15) is 0 Å². The lowest BCUT2D eigenvalue weighted by Crippen LogP contribution is -2.33. The summed E-state index contributed by atoms with van der Waals surface area (Å²) in [6.45, 7) is 1.24. The smallest absolute Gasteiger partial charge is 0.328 e. The number of amides is 1. The molecule has 0 fully saturated rings. The quantitative estimate of drug-likeness (QED) is 0.319. The fourth-order valence-corrected chi connectivity index (χ4v) is 3.24. The van der Waals surface area contributed by atoms with Gasteiger partial charge in [0.05, 0.1) is 5.25 Å². The van der Waals surface area contributed by atoms with E-state index in [1.807, 2.05) is 24.3 Å². The minimum Gasteiger partial charge on any atom is -0.328 e. The summed E-state index contributed by atoms with van der Waals surface area (Å²) in [4.78, 5) is 10.2. The Hall–Kier alpha value is -2.46. The molecule has 0 aliphatic carbocycles. The second-order valence-electron chi connectivity index (χ2n) is 6.78. The second kappa shape index (κ2) is 13.1. The lowest BCUT2D eigenvalue weighted by atomic mass is 10.0. The van der Waals surface area contributed by atoms with Crippen molar-refractivity contribution in [3.63, 3.8) is 0 Å². The van der Waals surface area contributed by atoms with Gasteiger partial charge in [0.1, 0.15) is 6.17 Å². The predicted octanol–water partition coefficient (Wildman–Crippen LogP) is 4.80. The SMILES string of the molecule is CC(C)S(=O)(=O)NCC(F)c1ccc(-c2ccc(CCNC(=O)F)cc2)cc1.FCF. The standard InChI is InChI=1S/C20H24F2N2O3S.CH2F2/c1-14(2)28(26,27)24-13-19(21)18-9-7-17(8-10-18)16-5-3-15(4-6-16)11-12-23-20(22)25;2-1-3/h3-10,14,19,24H,11-13H2,1-2H3,(H,23,25);1H2. The summed E-state index contributed by atoms with van der Waals surface area (Å²) < 4.78 is 71.4. The Balaban J connectivity index is 0.00000151. The lowest BCUT2D eigenvalue weighted by molar-refractivity contribution is 0.221. The molecule has 0 radical (unpaired) electrons. The first-order valence-corrected chi connectivity index (χ1v) is 11.0. The van der Waals surface area contributed by atoms with Gasteiger partial charge in [-0.1, -0.05) is 48.5 Å². The molecule has 0 spiro atoms. The minimum absolute atomic E-state index is 0.224. The van der Waals surface area contributed by atoms with Crippen LogP contribution in [0, 0.1) is 0 Å². The van der Waals surface area contributed by atoms with Crippen LogP contribution in [0.5, 0.6) is 0 Å². The molecule has 0 aromatic heterocycles. The number of alkyl halides is 3. The molecule has 5 nitrogen and oxygen atoms in total. The van der Waals surface area contributed by atoms with Crippen molar-refractivity contribution in [3.8, 4) is 11.1 Å². The van der Waals surface area contributed by atoms with Gasteiger partial charge in [-0.15, -0.1) is 4.39 Å². The molecule has 1 unspecified atom stereocenters. The monoisotopic (exact) mass is 462 g/mol. The molecule has 0 saturated heterocycles. The van der Waals surface area contributed by atoms with Crippen LogP contribution in [-0.4, -0.2) is 39.8 Å². The first-order chi connectivity index (χ1) is 14.6. The largest absolute Gasteiger partial charge is 0.397 e. The first kappa shape index (κ1) is 26.6. The van der Waals surface area contributed by atoms with Crippen LogP contribution in [0.25, 0.3) is 11.1 Å².